The molecule has 0 bridgehead atoms. The van der Waals surface area contributed by atoms with E-state index in [1.54, 1.807) is 0 Å². The summed E-state index contributed by atoms with van der Waals surface area (Å²) in [7, 11) is 0. The van der Waals surface area contributed by atoms with Crippen LogP contribution in [0.15, 0.2) is 22.8 Å². The zero-order valence-electron chi connectivity index (χ0n) is 9.56. The molecule has 1 saturated carbocycles. The molecule has 2 nitrogen and oxygen atoms in total. The van der Waals surface area contributed by atoms with E-state index in [-0.39, 0.29) is 0 Å². The molecule has 2 atom stereocenters. The molecule has 3 heteroatoms. The highest BCUT2D eigenvalue weighted by Gasteiger charge is 2.39. The monoisotopic (exact) mass is 280 g/mol. The lowest BCUT2D eigenvalue weighted by molar-refractivity contribution is 0.494. The van der Waals surface area contributed by atoms with Crippen molar-refractivity contribution in [3.8, 4) is 0 Å². The van der Waals surface area contributed by atoms with Gasteiger partial charge in [0.05, 0.1) is 0 Å². The zero-order chi connectivity index (χ0) is 11.1. The fourth-order valence-electron chi connectivity index (χ4n) is 3.34. The van der Waals surface area contributed by atoms with Gasteiger partial charge in [0.1, 0.15) is 5.82 Å². The molecule has 1 saturated heterocycles. The van der Waals surface area contributed by atoms with Crippen LogP contribution in [0.25, 0.3) is 0 Å². The first-order chi connectivity index (χ1) is 7.72. The Morgan fingerprint density at radius 1 is 1.25 bits per heavy atom. The number of aromatic nitrogens is 1. The van der Waals surface area contributed by atoms with E-state index in [1.807, 2.05) is 6.20 Å². The number of anilines is 1. The molecule has 2 unspecified atom stereocenters. The van der Waals surface area contributed by atoms with Crippen molar-refractivity contribution in [1.82, 2.24) is 4.98 Å². The first kappa shape index (κ1) is 10.6. The molecule has 1 aliphatic heterocycles. The highest BCUT2D eigenvalue weighted by molar-refractivity contribution is 9.10. The molecule has 16 heavy (non-hydrogen) atoms. The maximum absolute atomic E-state index is 4.49. The minimum atomic E-state index is 0.917. The van der Waals surface area contributed by atoms with Gasteiger partial charge in [0.2, 0.25) is 0 Å². The smallest absolute Gasteiger partial charge is 0.128 e. The third-order valence-corrected chi connectivity index (χ3v) is 4.49. The lowest BCUT2D eigenvalue weighted by atomic mass is 10.0. The molecule has 0 aromatic carbocycles. The van der Waals surface area contributed by atoms with Gasteiger partial charge < -0.3 is 4.90 Å². The van der Waals surface area contributed by atoms with Gasteiger partial charge in [0.25, 0.3) is 0 Å². The van der Waals surface area contributed by atoms with Gasteiger partial charge in [-0.15, -0.1) is 0 Å². The van der Waals surface area contributed by atoms with Crippen LogP contribution in [0.3, 0.4) is 0 Å². The molecule has 2 aliphatic rings. The second-order valence-electron chi connectivity index (χ2n) is 5.34. The Labute approximate surface area is 105 Å². The second-order valence-corrected chi connectivity index (χ2v) is 6.25. The van der Waals surface area contributed by atoms with Gasteiger partial charge in [-0.05, 0) is 58.7 Å². The van der Waals surface area contributed by atoms with E-state index < -0.39 is 0 Å². The molecule has 0 spiro atoms. The average Bonchev–Trinajstić information content (AvgIpc) is 2.75. The average molecular weight is 281 g/mol. The molecule has 1 aliphatic carbocycles. The van der Waals surface area contributed by atoms with E-state index in [1.165, 1.54) is 25.9 Å². The van der Waals surface area contributed by atoms with Gasteiger partial charge >= 0.3 is 0 Å². The first-order valence-electron chi connectivity index (χ1n) is 6.09. The van der Waals surface area contributed by atoms with Crippen LogP contribution in [0.5, 0.6) is 0 Å². The van der Waals surface area contributed by atoms with Crippen LogP contribution in [0.2, 0.25) is 0 Å². The van der Waals surface area contributed by atoms with E-state index in [4.69, 9.17) is 0 Å². The molecular formula is C13H17BrN2. The van der Waals surface area contributed by atoms with Crippen molar-refractivity contribution in [2.45, 2.75) is 19.8 Å². The summed E-state index contributed by atoms with van der Waals surface area (Å²) in [6.45, 7) is 4.81. The number of hydrogen-bond donors (Lipinski definition) is 0. The largest absolute Gasteiger partial charge is 0.356 e. The third kappa shape index (κ3) is 1.86. The van der Waals surface area contributed by atoms with Crippen LogP contribution in [-0.2, 0) is 0 Å². The Bertz CT molecular complexity index is 362. The van der Waals surface area contributed by atoms with E-state index in [2.05, 4.69) is 44.9 Å². The van der Waals surface area contributed by atoms with Gasteiger partial charge in [0, 0.05) is 23.8 Å². The Kier molecular flexibility index (Phi) is 2.66. The van der Waals surface area contributed by atoms with E-state index in [9.17, 15) is 0 Å². The van der Waals surface area contributed by atoms with E-state index in [0.717, 1.165) is 28.0 Å². The number of nitrogens with zero attached hydrogens (tertiary/aromatic N) is 2. The number of rotatable bonds is 1. The third-order valence-electron chi connectivity index (χ3n) is 4.02. The van der Waals surface area contributed by atoms with Crippen LogP contribution in [-0.4, -0.2) is 18.1 Å². The van der Waals surface area contributed by atoms with E-state index >= 15 is 0 Å². The molecule has 0 N–H and O–H groups in total. The Hall–Kier alpha value is -0.570. The summed E-state index contributed by atoms with van der Waals surface area (Å²) in [5, 5.41) is 0. The quantitative estimate of drug-likeness (QED) is 0.785. The standard InChI is InChI=1S/C13H17BrN2/c1-9-4-10-7-16(8-11(10)5-9)13-3-2-12(14)6-15-13/h2-3,6,9-11H,4-5,7-8H2,1H3. The van der Waals surface area contributed by atoms with Crippen molar-refractivity contribution in [3.05, 3.63) is 22.8 Å². The van der Waals surface area contributed by atoms with Crippen molar-refractivity contribution in [1.29, 1.82) is 0 Å². The van der Waals surface area contributed by atoms with Gasteiger partial charge in [-0.2, -0.15) is 0 Å². The molecule has 3 rings (SSSR count). The van der Waals surface area contributed by atoms with Crippen LogP contribution >= 0.6 is 15.9 Å². The summed E-state index contributed by atoms with van der Waals surface area (Å²) in [6, 6.07) is 4.20. The number of halogens is 1. The summed E-state index contributed by atoms with van der Waals surface area (Å²) in [5.41, 5.74) is 0. The van der Waals surface area contributed by atoms with Gasteiger partial charge in [-0.1, -0.05) is 6.92 Å². The highest BCUT2D eigenvalue weighted by Crippen LogP contribution is 2.42. The van der Waals surface area contributed by atoms with Crippen LogP contribution in [0.1, 0.15) is 19.8 Å². The SMILES string of the molecule is CC1CC2CN(c3ccc(Br)cn3)CC2C1. The van der Waals surface area contributed by atoms with Crippen molar-refractivity contribution < 1.29 is 0 Å². The predicted molar refractivity (Wildman–Crippen MR) is 69.5 cm³/mol. The van der Waals surface area contributed by atoms with Crippen LogP contribution in [0, 0.1) is 17.8 Å². The molecular weight excluding hydrogens is 264 g/mol. The topological polar surface area (TPSA) is 16.1 Å². The molecule has 2 heterocycles. The van der Waals surface area contributed by atoms with Gasteiger partial charge in [-0.3, -0.25) is 0 Å². The molecule has 0 radical (unpaired) electrons. The Balaban J connectivity index is 1.73. The summed E-state index contributed by atoms with van der Waals surface area (Å²) >= 11 is 3.43. The lowest BCUT2D eigenvalue weighted by Gasteiger charge is -2.19. The molecule has 86 valence electrons. The van der Waals surface area contributed by atoms with Crippen molar-refractivity contribution in [3.63, 3.8) is 0 Å². The molecule has 2 fully saturated rings. The maximum Gasteiger partial charge on any atom is 0.128 e. The predicted octanol–water partition coefficient (Wildman–Crippen LogP) is 3.33. The second kappa shape index (κ2) is 4.02. The number of fused-ring (bicyclic) bond motifs is 1. The molecule has 0 amide bonds. The highest BCUT2D eigenvalue weighted by atomic mass is 79.9. The van der Waals surface area contributed by atoms with Gasteiger partial charge in [-0.25, -0.2) is 4.98 Å². The zero-order valence-corrected chi connectivity index (χ0v) is 11.2. The van der Waals surface area contributed by atoms with E-state index in [0.29, 0.717) is 0 Å². The van der Waals surface area contributed by atoms with Crippen molar-refractivity contribution in [2.75, 3.05) is 18.0 Å². The minimum Gasteiger partial charge on any atom is -0.356 e. The summed E-state index contributed by atoms with van der Waals surface area (Å²) in [4.78, 5) is 6.94. The summed E-state index contributed by atoms with van der Waals surface area (Å²) in [6.07, 6.45) is 4.72. The fourth-order valence-corrected chi connectivity index (χ4v) is 3.58. The van der Waals surface area contributed by atoms with Gasteiger partial charge in [0.15, 0.2) is 0 Å². The Morgan fingerprint density at radius 3 is 2.50 bits per heavy atom. The summed E-state index contributed by atoms with van der Waals surface area (Å²) in [5.74, 6) is 3.92. The number of hydrogen-bond acceptors (Lipinski definition) is 2. The molecule has 1 aromatic heterocycles. The normalized spacial score (nSPS) is 33.1. The lowest BCUT2D eigenvalue weighted by Crippen LogP contribution is -2.22. The Morgan fingerprint density at radius 2 is 1.94 bits per heavy atom. The summed E-state index contributed by atoms with van der Waals surface area (Å²) < 4.78 is 1.06. The number of pyridine rings is 1. The maximum atomic E-state index is 4.49. The van der Waals surface area contributed by atoms with Crippen molar-refractivity contribution in [2.24, 2.45) is 17.8 Å². The van der Waals surface area contributed by atoms with Crippen LogP contribution in [0.4, 0.5) is 5.82 Å². The minimum absolute atomic E-state index is 0.917. The molecule has 1 aromatic rings. The fraction of sp³-hybridized carbons (Fsp3) is 0.615. The van der Waals surface area contributed by atoms with Crippen molar-refractivity contribution >= 4 is 21.7 Å². The first-order valence-corrected chi connectivity index (χ1v) is 6.88. The van der Waals surface area contributed by atoms with Crippen LogP contribution < -0.4 is 4.90 Å².